The third-order valence-electron chi connectivity index (χ3n) is 4.97. The molecular weight excluding hydrogens is 324 g/mol. The highest BCUT2D eigenvalue weighted by atomic mass is 32.2. The van der Waals surface area contributed by atoms with Gasteiger partial charge in [0.2, 0.25) is 10.0 Å². The van der Waals surface area contributed by atoms with Crippen LogP contribution >= 0.6 is 0 Å². The van der Waals surface area contributed by atoms with Crippen LogP contribution in [0.3, 0.4) is 0 Å². The standard InChI is InChI=1S/C18H28N2O3S/c1-15-12-19(13-16(2)23-15)18-8-10-20(11-9-18)24(21,22)14-17-6-4-3-5-7-17/h3-7,15-16,18H,8-14H2,1-2H3/t15-,16-/m1/s1. The molecule has 2 fully saturated rings. The van der Waals surface area contributed by atoms with E-state index in [9.17, 15) is 8.42 Å². The van der Waals surface area contributed by atoms with E-state index >= 15 is 0 Å². The zero-order chi connectivity index (χ0) is 17.2. The number of benzene rings is 1. The largest absolute Gasteiger partial charge is 0.373 e. The van der Waals surface area contributed by atoms with Gasteiger partial charge in [-0.2, -0.15) is 0 Å². The number of sulfonamides is 1. The van der Waals surface area contributed by atoms with Gasteiger partial charge in [0, 0.05) is 32.2 Å². The summed E-state index contributed by atoms with van der Waals surface area (Å²) in [6.45, 7) is 7.38. The van der Waals surface area contributed by atoms with Crippen LogP contribution in [0.25, 0.3) is 0 Å². The quantitative estimate of drug-likeness (QED) is 0.833. The summed E-state index contributed by atoms with van der Waals surface area (Å²) in [5, 5.41) is 0. The van der Waals surface area contributed by atoms with Crippen molar-refractivity contribution < 1.29 is 13.2 Å². The molecule has 3 rings (SSSR count). The highest BCUT2D eigenvalue weighted by molar-refractivity contribution is 7.88. The Bertz CT molecular complexity index is 617. The summed E-state index contributed by atoms with van der Waals surface area (Å²) >= 11 is 0. The molecule has 0 amide bonds. The van der Waals surface area contributed by atoms with Crippen LogP contribution in [0.4, 0.5) is 0 Å². The summed E-state index contributed by atoms with van der Waals surface area (Å²) in [5.41, 5.74) is 0.857. The topological polar surface area (TPSA) is 49.9 Å². The van der Waals surface area contributed by atoms with Crippen molar-refractivity contribution in [3.05, 3.63) is 35.9 Å². The maximum atomic E-state index is 12.6. The molecule has 0 aliphatic carbocycles. The van der Waals surface area contributed by atoms with Gasteiger partial charge in [-0.3, -0.25) is 4.90 Å². The molecule has 1 aromatic carbocycles. The van der Waals surface area contributed by atoms with E-state index in [4.69, 9.17) is 4.74 Å². The van der Waals surface area contributed by atoms with Gasteiger partial charge in [0.05, 0.1) is 18.0 Å². The molecular formula is C18H28N2O3S. The lowest BCUT2D eigenvalue weighted by molar-refractivity contribution is -0.0847. The van der Waals surface area contributed by atoms with E-state index in [1.54, 1.807) is 4.31 Å². The van der Waals surface area contributed by atoms with Crippen molar-refractivity contribution in [2.45, 2.75) is 50.7 Å². The minimum atomic E-state index is -3.22. The van der Waals surface area contributed by atoms with E-state index in [-0.39, 0.29) is 18.0 Å². The van der Waals surface area contributed by atoms with Crippen LogP contribution in [0.15, 0.2) is 30.3 Å². The van der Waals surface area contributed by atoms with Crippen molar-refractivity contribution in [1.82, 2.24) is 9.21 Å². The molecule has 2 aliphatic heterocycles. The maximum Gasteiger partial charge on any atom is 0.218 e. The van der Waals surface area contributed by atoms with Crippen LogP contribution in [0, 0.1) is 0 Å². The van der Waals surface area contributed by atoms with Crippen LogP contribution in [0.1, 0.15) is 32.3 Å². The van der Waals surface area contributed by atoms with Crippen molar-refractivity contribution in [3.8, 4) is 0 Å². The van der Waals surface area contributed by atoms with Gasteiger partial charge in [0.25, 0.3) is 0 Å². The lowest BCUT2D eigenvalue weighted by Gasteiger charge is -2.43. The molecule has 134 valence electrons. The summed E-state index contributed by atoms with van der Waals surface area (Å²) in [4.78, 5) is 2.49. The Hall–Kier alpha value is -0.950. The van der Waals surface area contributed by atoms with Gasteiger partial charge in [0.1, 0.15) is 0 Å². The van der Waals surface area contributed by atoms with Crippen LogP contribution in [0.5, 0.6) is 0 Å². The van der Waals surface area contributed by atoms with Crippen molar-refractivity contribution in [3.63, 3.8) is 0 Å². The molecule has 0 bridgehead atoms. The first-order valence-electron chi connectivity index (χ1n) is 8.85. The molecule has 6 heteroatoms. The number of hydrogen-bond acceptors (Lipinski definition) is 4. The molecule has 2 saturated heterocycles. The van der Waals surface area contributed by atoms with E-state index in [0.717, 1.165) is 31.5 Å². The number of ether oxygens (including phenoxy) is 1. The van der Waals surface area contributed by atoms with Gasteiger partial charge in [0.15, 0.2) is 0 Å². The number of nitrogens with zero attached hydrogens (tertiary/aromatic N) is 2. The fourth-order valence-corrected chi connectivity index (χ4v) is 5.44. The minimum Gasteiger partial charge on any atom is -0.373 e. The van der Waals surface area contributed by atoms with E-state index < -0.39 is 10.0 Å². The normalized spacial score (nSPS) is 28.1. The van der Waals surface area contributed by atoms with Crippen molar-refractivity contribution in [2.24, 2.45) is 0 Å². The van der Waals surface area contributed by atoms with Gasteiger partial charge >= 0.3 is 0 Å². The average molecular weight is 353 g/mol. The summed E-state index contributed by atoms with van der Waals surface area (Å²) in [6.07, 6.45) is 2.34. The summed E-state index contributed by atoms with van der Waals surface area (Å²) in [6, 6.07) is 9.91. The number of rotatable bonds is 4. The summed E-state index contributed by atoms with van der Waals surface area (Å²) in [7, 11) is -3.22. The Morgan fingerprint density at radius 3 is 2.21 bits per heavy atom. The second kappa shape index (κ2) is 7.52. The molecule has 24 heavy (non-hydrogen) atoms. The smallest absolute Gasteiger partial charge is 0.218 e. The molecule has 2 heterocycles. The molecule has 5 nitrogen and oxygen atoms in total. The predicted molar refractivity (Wildman–Crippen MR) is 95.2 cm³/mol. The minimum absolute atomic E-state index is 0.101. The Kier molecular flexibility index (Phi) is 5.59. The number of morpholine rings is 1. The summed E-state index contributed by atoms with van der Waals surface area (Å²) < 4.78 is 32.7. The fourth-order valence-electron chi connectivity index (χ4n) is 3.88. The highest BCUT2D eigenvalue weighted by Crippen LogP contribution is 2.23. The van der Waals surface area contributed by atoms with Crippen LogP contribution in [-0.2, 0) is 20.5 Å². The van der Waals surface area contributed by atoms with Gasteiger partial charge < -0.3 is 4.74 Å². The van der Waals surface area contributed by atoms with Gasteiger partial charge in [-0.1, -0.05) is 30.3 Å². The molecule has 0 spiro atoms. The maximum absolute atomic E-state index is 12.6. The molecule has 2 aliphatic rings. The zero-order valence-electron chi connectivity index (χ0n) is 14.6. The lowest BCUT2D eigenvalue weighted by Crippen LogP contribution is -2.53. The van der Waals surface area contributed by atoms with Crippen molar-refractivity contribution >= 4 is 10.0 Å². The molecule has 1 aromatic rings. The van der Waals surface area contributed by atoms with E-state index in [1.807, 2.05) is 30.3 Å². The fraction of sp³-hybridized carbons (Fsp3) is 0.667. The second-order valence-electron chi connectivity index (χ2n) is 7.08. The third-order valence-corrected chi connectivity index (χ3v) is 6.82. The second-order valence-corrected chi connectivity index (χ2v) is 9.05. The Labute approximate surface area is 145 Å². The summed E-state index contributed by atoms with van der Waals surface area (Å²) in [5.74, 6) is 0.101. The first kappa shape index (κ1) is 17.9. The Morgan fingerprint density at radius 2 is 1.62 bits per heavy atom. The highest BCUT2D eigenvalue weighted by Gasteiger charge is 2.33. The average Bonchev–Trinajstić information content (AvgIpc) is 2.54. The molecule has 0 aromatic heterocycles. The molecule has 0 N–H and O–H groups in total. The van der Waals surface area contributed by atoms with E-state index in [2.05, 4.69) is 18.7 Å². The van der Waals surface area contributed by atoms with Crippen LogP contribution in [-0.4, -0.2) is 62.1 Å². The van der Waals surface area contributed by atoms with Crippen LogP contribution in [0.2, 0.25) is 0 Å². The molecule has 0 unspecified atom stereocenters. The predicted octanol–water partition coefficient (Wildman–Crippen LogP) is 2.09. The van der Waals surface area contributed by atoms with E-state index in [1.165, 1.54) is 0 Å². The van der Waals surface area contributed by atoms with Gasteiger partial charge in [-0.15, -0.1) is 0 Å². The number of hydrogen-bond donors (Lipinski definition) is 0. The first-order valence-corrected chi connectivity index (χ1v) is 10.5. The SMILES string of the molecule is C[C@@H]1CN(C2CCN(S(=O)(=O)Cc3ccccc3)CC2)C[C@@H](C)O1. The van der Waals surface area contributed by atoms with Crippen molar-refractivity contribution in [1.29, 1.82) is 0 Å². The molecule has 0 radical (unpaired) electrons. The number of piperidine rings is 1. The van der Waals surface area contributed by atoms with Crippen molar-refractivity contribution in [2.75, 3.05) is 26.2 Å². The molecule has 2 atom stereocenters. The zero-order valence-corrected chi connectivity index (χ0v) is 15.4. The Morgan fingerprint density at radius 1 is 1.04 bits per heavy atom. The van der Waals surface area contributed by atoms with Crippen LogP contribution < -0.4 is 0 Å². The van der Waals surface area contributed by atoms with Gasteiger partial charge in [-0.25, -0.2) is 12.7 Å². The van der Waals surface area contributed by atoms with Gasteiger partial charge in [-0.05, 0) is 32.3 Å². The van der Waals surface area contributed by atoms with E-state index in [0.29, 0.717) is 19.1 Å². The first-order chi connectivity index (χ1) is 11.4. The lowest BCUT2D eigenvalue weighted by atomic mass is 10.0. The monoisotopic (exact) mass is 352 g/mol. The third kappa shape index (κ3) is 4.36. The Balaban J connectivity index is 1.56. The molecule has 0 saturated carbocycles.